The van der Waals surface area contributed by atoms with Crippen LogP contribution < -0.4 is 0 Å². The molecule has 2 aromatic rings. The second-order valence-corrected chi connectivity index (χ2v) is 6.35. The van der Waals surface area contributed by atoms with E-state index in [1.54, 1.807) is 23.5 Å². The number of ketones is 1. The van der Waals surface area contributed by atoms with Crippen LogP contribution in [0.2, 0.25) is 0 Å². The Morgan fingerprint density at radius 3 is 2.90 bits per heavy atom. The molecule has 0 amide bonds. The molecule has 5 heteroatoms. The largest absolute Gasteiger partial charge is 0.296 e. The topological polar surface area (TPSA) is 33.2 Å². The Balaban J connectivity index is 1.65. The Bertz CT molecular complexity index is 597. The molecule has 0 aliphatic carbocycles. The van der Waals surface area contributed by atoms with Crippen molar-refractivity contribution in [2.45, 2.75) is 19.4 Å². The molecule has 1 fully saturated rings. The van der Waals surface area contributed by atoms with Crippen LogP contribution >= 0.6 is 11.3 Å². The summed E-state index contributed by atoms with van der Waals surface area (Å²) in [6.45, 7) is 2.58. The van der Waals surface area contributed by atoms with Gasteiger partial charge >= 0.3 is 0 Å². The first-order valence-corrected chi connectivity index (χ1v) is 8.01. The van der Waals surface area contributed by atoms with Crippen LogP contribution in [0, 0.1) is 11.7 Å². The Morgan fingerprint density at radius 1 is 1.38 bits per heavy atom. The second-order valence-electron chi connectivity index (χ2n) is 5.37. The standard InChI is InChI=1S/C16H17FN2OS/c17-14-5-3-12(4-6-14)16(20)13-2-1-8-19(10-13)11-15-18-7-9-21-15/h3-7,9,13H,1-2,8,10-11H2. The van der Waals surface area contributed by atoms with Gasteiger partial charge in [-0.15, -0.1) is 11.3 Å². The van der Waals surface area contributed by atoms with Crippen LogP contribution in [0.15, 0.2) is 35.8 Å². The van der Waals surface area contributed by atoms with Crippen molar-refractivity contribution >= 4 is 17.1 Å². The number of likely N-dealkylation sites (tertiary alicyclic amines) is 1. The Hall–Kier alpha value is -1.59. The van der Waals surface area contributed by atoms with Gasteiger partial charge in [0, 0.05) is 29.6 Å². The highest BCUT2D eigenvalue weighted by Crippen LogP contribution is 2.23. The van der Waals surface area contributed by atoms with Crippen molar-refractivity contribution in [3.05, 3.63) is 52.2 Å². The molecule has 0 saturated carbocycles. The molecule has 1 unspecified atom stereocenters. The van der Waals surface area contributed by atoms with Crippen LogP contribution in [-0.2, 0) is 6.54 Å². The van der Waals surface area contributed by atoms with Crippen LogP contribution in [0.25, 0.3) is 0 Å². The van der Waals surface area contributed by atoms with Crippen LogP contribution in [0.3, 0.4) is 0 Å². The van der Waals surface area contributed by atoms with E-state index in [1.807, 2.05) is 11.6 Å². The van der Waals surface area contributed by atoms with Crippen molar-refractivity contribution in [3.8, 4) is 0 Å². The maximum Gasteiger partial charge on any atom is 0.167 e. The number of piperidine rings is 1. The van der Waals surface area contributed by atoms with Crippen molar-refractivity contribution in [1.82, 2.24) is 9.88 Å². The third-order valence-corrected chi connectivity index (χ3v) is 4.61. The summed E-state index contributed by atoms with van der Waals surface area (Å²) in [6.07, 6.45) is 3.73. The summed E-state index contributed by atoms with van der Waals surface area (Å²) in [7, 11) is 0. The van der Waals surface area contributed by atoms with Crippen molar-refractivity contribution < 1.29 is 9.18 Å². The van der Waals surface area contributed by atoms with Crippen molar-refractivity contribution in [2.24, 2.45) is 5.92 Å². The molecule has 1 aromatic carbocycles. The molecule has 1 aliphatic heterocycles. The lowest BCUT2D eigenvalue weighted by molar-refractivity contribution is 0.0811. The molecule has 2 heterocycles. The molecule has 1 aliphatic rings. The summed E-state index contributed by atoms with van der Waals surface area (Å²) in [4.78, 5) is 19.1. The number of hydrogen-bond donors (Lipinski definition) is 0. The monoisotopic (exact) mass is 304 g/mol. The van der Waals surface area contributed by atoms with Gasteiger partial charge in [-0.25, -0.2) is 9.37 Å². The molecule has 0 radical (unpaired) electrons. The summed E-state index contributed by atoms with van der Waals surface area (Å²) >= 11 is 1.64. The van der Waals surface area contributed by atoms with Crippen molar-refractivity contribution in [2.75, 3.05) is 13.1 Å². The summed E-state index contributed by atoms with van der Waals surface area (Å²) < 4.78 is 12.9. The normalized spacial score (nSPS) is 19.6. The van der Waals surface area contributed by atoms with Crippen LogP contribution in [-0.4, -0.2) is 28.8 Å². The number of halogens is 1. The SMILES string of the molecule is O=C(c1ccc(F)cc1)C1CCCN(Cc2nccs2)C1. The molecule has 1 saturated heterocycles. The van der Waals surface area contributed by atoms with E-state index in [0.717, 1.165) is 37.5 Å². The third-order valence-electron chi connectivity index (χ3n) is 3.85. The molecule has 0 bridgehead atoms. The first-order valence-electron chi connectivity index (χ1n) is 7.13. The molecular weight excluding hydrogens is 287 g/mol. The minimum Gasteiger partial charge on any atom is -0.296 e. The first kappa shape index (κ1) is 14.4. The number of benzene rings is 1. The van der Waals surface area contributed by atoms with E-state index in [0.29, 0.717) is 5.56 Å². The van der Waals surface area contributed by atoms with Crippen molar-refractivity contribution in [3.63, 3.8) is 0 Å². The average molecular weight is 304 g/mol. The molecular formula is C16H17FN2OS. The van der Waals surface area contributed by atoms with Gasteiger partial charge in [-0.05, 0) is 43.7 Å². The Kier molecular flexibility index (Phi) is 4.41. The average Bonchev–Trinajstić information content (AvgIpc) is 3.00. The number of rotatable bonds is 4. The van der Waals surface area contributed by atoms with E-state index in [2.05, 4.69) is 9.88 Å². The molecule has 0 spiro atoms. The number of nitrogens with zero attached hydrogens (tertiary/aromatic N) is 2. The second kappa shape index (κ2) is 6.45. The maximum atomic E-state index is 12.9. The lowest BCUT2D eigenvalue weighted by Crippen LogP contribution is -2.38. The summed E-state index contributed by atoms with van der Waals surface area (Å²) in [5.41, 5.74) is 0.609. The highest BCUT2D eigenvalue weighted by Gasteiger charge is 2.26. The van der Waals surface area contributed by atoms with Crippen LogP contribution in [0.1, 0.15) is 28.2 Å². The highest BCUT2D eigenvalue weighted by atomic mass is 32.1. The molecule has 1 atom stereocenters. The predicted molar refractivity (Wildman–Crippen MR) is 80.8 cm³/mol. The summed E-state index contributed by atoms with van der Waals surface area (Å²) in [5, 5.41) is 3.06. The molecule has 110 valence electrons. The molecule has 3 nitrogen and oxygen atoms in total. The van der Waals surface area contributed by atoms with E-state index in [1.165, 1.54) is 12.1 Å². The lowest BCUT2D eigenvalue weighted by atomic mass is 9.90. The van der Waals surface area contributed by atoms with E-state index in [4.69, 9.17) is 0 Å². The first-order chi connectivity index (χ1) is 10.2. The fourth-order valence-electron chi connectivity index (χ4n) is 2.79. The zero-order chi connectivity index (χ0) is 14.7. The fourth-order valence-corrected chi connectivity index (χ4v) is 3.44. The number of hydrogen-bond acceptors (Lipinski definition) is 4. The number of aromatic nitrogens is 1. The number of Topliss-reactive ketones (excluding diaryl/α,β-unsaturated/α-hetero) is 1. The summed E-state index contributed by atoms with van der Waals surface area (Å²) in [6, 6.07) is 5.86. The third kappa shape index (κ3) is 3.54. The van der Waals surface area contributed by atoms with Gasteiger partial charge in [-0.1, -0.05) is 0 Å². The van der Waals surface area contributed by atoms with Gasteiger partial charge in [0.25, 0.3) is 0 Å². The lowest BCUT2D eigenvalue weighted by Gasteiger charge is -2.31. The van der Waals surface area contributed by atoms with Gasteiger partial charge in [0.15, 0.2) is 5.78 Å². The number of carbonyl (C=O) groups excluding carboxylic acids is 1. The van der Waals surface area contributed by atoms with E-state index < -0.39 is 0 Å². The van der Waals surface area contributed by atoms with Crippen molar-refractivity contribution in [1.29, 1.82) is 0 Å². The molecule has 1 aromatic heterocycles. The zero-order valence-corrected chi connectivity index (χ0v) is 12.5. The number of carbonyl (C=O) groups is 1. The minimum atomic E-state index is -0.305. The Morgan fingerprint density at radius 2 is 2.19 bits per heavy atom. The van der Waals surface area contributed by atoms with Gasteiger partial charge in [0.1, 0.15) is 10.8 Å². The highest BCUT2D eigenvalue weighted by molar-refractivity contribution is 7.09. The zero-order valence-electron chi connectivity index (χ0n) is 11.7. The van der Waals surface area contributed by atoms with Gasteiger partial charge in [-0.3, -0.25) is 9.69 Å². The van der Waals surface area contributed by atoms with Gasteiger partial charge in [-0.2, -0.15) is 0 Å². The Labute approximate surface area is 127 Å². The fraction of sp³-hybridized carbons (Fsp3) is 0.375. The maximum absolute atomic E-state index is 12.9. The van der Waals surface area contributed by atoms with Gasteiger partial charge in [0.05, 0.1) is 6.54 Å². The van der Waals surface area contributed by atoms with Gasteiger partial charge < -0.3 is 0 Å². The molecule has 0 N–H and O–H groups in total. The van der Waals surface area contributed by atoms with E-state index >= 15 is 0 Å². The quantitative estimate of drug-likeness (QED) is 0.812. The van der Waals surface area contributed by atoms with E-state index in [-0.39, 0.29) is 17.5 Å². The van der Waals surface area contributed by atoms with Crippen LogP contribution in [0.4, 0.5) is 4.39 Å². The molecule has 3 rings (SSSR count). The summed E-state index contributed by atoms with van der Waals surface area (Å²) in [5.74, 6) is -0.177. The van der Waals surface area contributed by atoms with E-state index in [9.17, 15) is 9.18 Å². The molecule has 21 heavy (non-hydrogen) atoms. The van der Waals surface area contributed by atoms with Crippen LogP contribution in [0.5, 0.6) is 0 Å². The minimum absolute atomic E-state index is 0.00386. The smallest absolute Gasteiger partial charge is 0.167 e. The predicted octanol–water partition coefficient (Wildman–Crippen LogP) is 3.38. The van der Waals surface area contributed by atoms with Gasteiger partial charge in [0.2, 0.25) is 0 Å². The number of thiazole rings is 1.